The molecular formula is C28H31NO5. The Morgan fingerprint density at radius 2 is 1.76 bits per heavy atom. The highest BCUT2D eigenvalue weighted by atomic mass is 16.5. The average molecular weight is 462 g/mol. The Morgan fingerprint density at radius 1 is 1.03 bits per heavy atom. The number of hydrogen-bond donors (Lipinski definition) is 0. The largest absolute Gasteiger partial charge is 0.497 e. The molecular weight excluding hydrogens is 430 g/mol. The fourth-order valence-corrected chi connectivity index (χ4v) is 5.05. The summed E-state index contributed by atoms with van der Waals surface area (Å²) in [6.45, 7) is 5.47. The highest BCUT2D eigenvalue weighted by molar-refractivity contribution is 6.09. The Bertz CT molecular complexity index is 1150. The third-order valence-corrected chi connectivity index (χ3v) is 6.54. The molecule has 34 heavy (non-hydrogen) atoms. The highest BCUT2D eigenvalue weighted by Crippen LogP contribution is 2.49. The van der Waals surface area contributed by atoms with E-state index >= 15 is 0 Å². The van der Waals surface area contributed by atoms with E-state index in [9.17, 15) is 9.59 Å². The van der Waals surface area contributed by atoms with E-state index < -0.39 is 17.8 Å². The molecule has 0 bridgehead atoms. The predicted octanol–water partition coefficient (Wildman–Crippen LogP) is 5.23. The fraction of sp³-hybridized carbons (Fsp3) is 0.393. The summed E-state index contributed by atoms with van der Waals surface area (Å²) in [6, 6.07) is 15.5. The first-order valence-electron chi connectivity index (χ1n) is 11.6. The lowest BCUT2D eigenvalue weighted by atomic mass is 9.69. The SMILES string of the molecule is COc1ccc(OC)c([C@@H]2C3=C(C[C@@H](c4ccccc4)CC3=O)N=C(C)C2C(=O)OC(C)C)c1. The quantitative estimate of drug-likeness (QED) is 0.551. The lowest BCUT2D eigenvalue weighted by Crippen LogP contribution is -2.39. The summed E-state index contributed by atoms with van der Waals surface area (Å²) in [4.78, 5) is 31.8. The molecule has 1 aliphatic carbocycles. The minimum absolute atomic E-state index is 0.00331. The zero-order chi connectivity index (χ0) is 24.4. The van der Waals surface area contributed by atoms with Crippen molar-refractivity contribution < 1.29 is 23.8 Å². The van der Waals surface area contributed by atoms with Crippen molar-refractivity contribution in [1.29, 1.82) is 0 Å². The molecule has 0 fully saturated rings. The van der Waals surface area contributed by atoms with E-state index in [4.69, 9.17) is 19.2 Å². The predicted molar refractivity (Wildman–Crippen MR) is 131 cm³/mol. The molecule has 1 heterocycles. The topological polar surface area (TPSA) is 74.2 Å². The molecule has 0 saturated carbocycles. The minimum atomic E-state index is -0.723. The van der Waals surface area contributed by atoms with Gasteiger partial charge in [0.1, 0.15) is 17.4 Å². The third-order valence-electron chi connectivity index (χ3n) is 6.54. The van der Waals surface area contributed by atoms with Gasteiger partial charge in [-0.15, -0.1) is 0 Å². The first-order chi connectivity index (χ1) is 16.3. The average Bonchev–Trinajstić information content (AvgIpc) is 2.82. The van der Waals surface area contributed by atoms with Crippen LogP contribution in [0, 0.1) is 5.92 Å². The van der Waals surface area contributed by atoms with E-state index in [-0.39, 0.29) is 17.8 Å². The van der Waals surface area contributed by atoms with Crippen LogP contribution >= 0.6 is 0 Å². The number of Topliss-reactive ketones (excluding diaryl/α,β-unsaturated/α-hetero) is 1. The number of benzene rings is 2. The van der Waals surface area contributed by atoms with Crippen molar-refractivity contribution in [3.8, 4) is 11.5 Å². The van der Waals surface area contributed by atoms with Gasteiger partial charge in [-0.05, 0) is 56.9 Å². The van der Waals surface area contributed by atoms with Crippen molar-refractivity contribution in [2.24, 2.45) is 10.9 Å². The van der Waals surface area contributed by atoms with Gasteiger partial charge in [-0.25, -0.2) is 0 Å². The minimum Gasteiger partial charge on any atom is -0.497 e. The molecule has 2 aliphatic rings. The first-order valence-corrected chi connectivity index (χ1v) is 11.6. The summed E-state index contributed by atoms with van der Waals surface area (Å²) in [5.74, 6) is -0.408. The zero-order valence-corrected chi connectivity index (χ0v) is 20.3. The van der Waals surface area contributed by atoms with Crippen molar-refractivity contribution in [2.45, 2.75) is 51.6 Å². The van der Waals surface area contributed by atoms with Gasteiger partial charge in [0.25, 0.3) is 0 Å². The Morgan fingerprint density at radius 3 is 2.41 bits per heavy atom. The molecule has 2 aromatic carbocycles. The number of carbonyl (C=O) groups excluding carboxylic acids is 2. The number of carbonyl (C=O) groups is 2. The van der Waals surface area contributed by atoms with Crippen molar-refractivity contribution in [3.05, 3.63) is 70.9 Å². The molecule has 0 saturated heterocycles. The Hall–Kier alpha value is -3.41. The van der Waals surface area contributed by atoms with E-state index in [0.29, 0.717) is 35.6 Å². The molecule has 0 radical (unpaired) electrons. The van der Waals surface area contributed by atoms with Gasteiger partial charge in [-0.2, -0.15) is 0 Å². The fourth-order valence-electron chi connectivity index (χ4n) is 5.05. The van der Waals surface area contributed by atoms with Crippen LogP contribution in [0.1, 0.15) is 56.6 Å². The summed E-state index contributed by atoms with van der Waals surface area (Å²) in [7, 11) is 3.17. The van der Waals surface area contributed by atoms with Gasteiger partial charge in [-0.1, -0.05) is 30.3 Å². The second kappa shape index (κ2) is 9.84. The maximum Gasteiger partial charge on any atom is 0.315 e. The van der Waals surface area contributed by atoms with Gasteiger partial charge in [0.2, 0.25) is 0 Å². The molecule has 1 unspecified atom stereocenters. The number of ether oxygens (including phenoxy) is 3. The van der Waals surface area contributed by atoms with Crippen LogP contribution in [-0.2, 0) is 14.3 Å². The van der Waals surface area contributed by atoms with Gasteiger partial charge < -0.3 is 14.2 Å². The van der Waals surface area contributed by atoms with Crippen LogP contribution in [0.25, 0.3) is 0 Å². The maximum absolute atomic E-state index is 13.7. The molecule has 0 amide bonds. The summed E-state index contributed by atoms with van der Waals surface area (Å²) < 4.78 is 16.8. The van der Waals surface area contributed by atoms with Gasteiger partial charge in [-0.3, -0.25) is 14.6 Å². The first kappa shape index (κ1) is 23.7. The van der Waals surface area contributed by atoms with Crippen molar-refractivity contribution in [3.63, 3.8) is 0 Å². The molecule has 0 N–H and O–H groups in total. The summed E-state index contributed by atoms with van der Waals surface area (Å²) >= 11 is 0. The molecule has 4 rings (SSSR count). The molecule has 0 spiro atoms. The number of rotatable bonds is 6. The molecule has 2 aromatic rings. The Labute approximate surface area is 200 Å². The highest BCUT2D eigenvalue weighted by Gasteiger charge is 2.46. The smallest absolute Gasteiger partial charge is 0.315 e. The molecule has 3 atom stereocenters. The second-order valence-electron chi connectivity index (χ2n) is 9.10. The van der Waals surface area contributed by atoms with E-state index in [2.05, 4.69) is 0 Å². The summed E-state index contributed by atoms with van der Waals surface area (Å²) in [5, 5.41) is 0. The van der Waals surface area contributed by atoms with E-state index in [1.54, 1.807) is 26.4 Å². The van der Waals surface area contributed by atoms with Crippen LogP contribution in [0.4, 0.5) is 0 Å². The number of esters is 1. The second-order valence-corrected chi connectivity index (χ2v) is 9.10. The number of nitrogens with zero attached hydrogens (tertiary/aromatic N) is 1. The monoisotopic (exact) mass is 461 g/mol. The van der Waals surface area contributed by atoms with E-state index in [0.717, 1.165) is 16.8 Å². The zero-order valence-electron chi connectivity index (χ0n) is 20.3. The van der Waals surface area contributed by atoms with Crippen LogP contribution in [0.3, 0.4) is 0 Å². The van der Waals surface area contributed by atoms with Crippen molar-refractivity contribution in [1.82, 2.24) is 0 Å². The lowest BCUT2D eigenvalue weighted by molar-refractivity contribution is -0.150. The number of hydrogen-bond acceptors (Lipinski definition) is 6. The van der Waals surface area contributed by atoms with Crippen LogP contribution in [0.15, 0.2) is 64.8 Å². The molecule has 6 nitrogen and oxygen atoms in total. The number of methoxy groups -OCH3 is 2. The maximum atomic E-state index is 13.7. The van der Waals surface area contributed by atoms with E-state index in [1.165, 1.54) is 0 Å². The Kier molecular flexibility index (Phi) is 6.87. The third kappa shape index (κ3) is 4.49. The molecule has 0 aromatic heterocycles. The van der Waals surface area contributed by atoms with Crippen LogP contribution in [-0.4, -0.2) is 37.8 Å². The van der Waals surface area contributed by atoms with E-state index in [1.807, 2.05) is 57.2 Å². The lowest BCUT2D eigenvalue weighted by Gasteiger charge is -2.37. The normalized spacial score (nSPS) is 22.2. The van der Waals surface area contributed by atoms with Gasteiger partial charge in [0.15, 0.2) is 5.78 Å². The number of aliphatic imine (C=N–C) groups is 1. The van der Waals surface area contributed by atoms with Crippen LogP contribution in [0.2, 0.25) is 0 Å². The standard InChI is InChI=1S/C28H31NO5/c1-16(2)34-28(31)25-17(3)29-22-13-19(18-9-7-6-8-10-18)14-23(30)27(22)26(25)21-15-20(32-4)11-12-24(21)33-5/h6-12,15-16,19,25-26H,13-14H2,1-5H3/t19-,25?,26+/m1/s1. The number of ketones is 1. The van der Waals surface area contributed by atoms with Crippen LogP contribution < -0.4 is 9.47 Å². The molecule has 6 heteroatoms. The van der Waals surface area contributed by atoms with Crippen LogP contribution in [0.5, 0.6) is 11.5 Å². The summed E-state index contributed by atoms with van der Waals surface area (Å²) in [5.41, 5.74) is 3.80. The van der Waals surface area contributed by atoms with Gasteiger partial charge in [0, 0.05) is 34.9 Å². The number of allylic oxidation sites excluding steroid dienone is 2. The Balaban J connectivity index is 1.87. The molecule has 178 valence electrons. The van der Waals surface area contributed by atoms with Gasteiger partial charge >= 0.3 is 5.97 Å². The van der Waals surface area contributed by atoms with Crippen molar-refractivity contribution in [2.75, 3.05) is 14.2 Å². The molecule has 1 aliphatic heterocycles. The van der Waals surface area contributed by atoms with Crippen molar-refractivity contribution >= 4 is 17.5 Å². The van der Waals surface area contributed by atoms with Gasteiger partial charge in [0.05, 0.1) is 20.3 Å². The summed E-state index contributed by atoms with van der Waals surface area (Å²) in [6.07, 6.45) is 0.719.